The van der Waals surface area contributed by atoms with Gasteiger partial charge in [0.1, 0.15) is 0 Å². The van der Waals surface area contributed by atoms with Crippen LogP contribution in [0.15, 0.2) is 82.7 Å². The number of aromatic nitrogens is 1. The highest BCUT2D eigenvalue weighted by molar-refractivity contribution is 6.31. The van der Waals surface area contributed by atoms with Crippen molar-refractivity contribution in [2.75, 3.05) is 0 Å². The number of nitrogens with zero attached hydrogens (tertiary/aromatic N) is 2. The lowest BCUT2D eigenvalue weighted by Crippen LogP contribution is -2.26. The van der Waals surface area contributed by atoms with E-state index in [4.69, 9.17) is 16.7 Å². The Morgan fingerprint density at radius 3 is 2.46 bits per heavy atom. The Bertz CT molecular complexity index is 1490. The Morgan fingerprint density at radius 2 is 1.77 bits per heavy atom. The molecule has 5 rings (SSSR count). The minimum absolute atomic E-state index is 0.0777. The second-order valence-electron chi connectivity index (χ2n) is 8.71. The fourth-order valence-electron chi connectivity index (χ4n) is 4.73. The summed E-state index contributed by atoms with van der Waals surface area (Å²) in [6, 6.07) is 23.2. The highest BCUT2D eigenvalue weighted by Crippen LogP contribution is 2.37. The number of pyridine rings is 1. The van der Waals surface area contributed by atoms with Crippen LogP contribution in [0.4, 0.5) is 0 Å². The molecule has 4 aromatic rings. The number of carbonyl (C=O) groups is 1. The predicted octanol–water partition coefficient (Wildman–Crippen LogP) is 6.50. The molecule has 1 N–H and O–H groups in total. The fraction of sp³-hybridized carbons (Fsp3) is 0.207. The largest absolute Gasteiger partial charge is 0.321 e. The van der Waals surface area contributed by atoms with Gasteiger partial charge in [0.15, 0.2) is 0 Å². The Kier molecular flexibility index (Phi) is 6.27. The number of fused-ring (bicyclic) bond motifs is 1. The van der Waals surface area contributed by atoms with Crippen LogP contribution in [0.1, 0.15) is 49.4 Å². The van der Waals surface area contributed by atoms with Gasteiger partial charge in [0.2, 0.25) is 5.91 Å². The van der Waals surface area contributed by atoms with Crippen molar-refractivity contribution in [3.63, 3.8) is 0 Å². The van der Waals surface area contributed by atoms with Gasteiger partial charge in [-0.3, -0.25) is 9.59 Å². The zero-order valence-electron chi connectivity index (χ0n) is 19.7. The number of aromatic amines is 1. The molecule has 3 aromatic carbocycles. The number of amides is 1. The third-order valence-corrected chi connectivity index (χ3v) is 6.80. The molecule has 1 aromatic heterocycles. The van der Waals surface area contributed by atoms with Crippen LogP contribution in [-0.2, 0) is 11.2 Å². The van der Waals surface area contributed by atoms with E-state index in [-0.39, 0.29) is 17.5 Å². The van der Waals surface area contributed by atoms with E-state index in [1.54, 1.807) is 11.1 Å². The average molecular weight is 484 g/mol. The zero-order chi connectivity index (χ0) is 24.5. The Balaban J connectivity index is 1.71. The maximum Gasteiger partial charge on any atom is 0.258 e. The van der Waals surface area contributed by atoms with Gasteiger partial charge >= 0.3 is 0 Å². The number of hydrogen-bond acceptors (Lipinski definition) is 3. The van der Waals surface area contributed by atoms with Crippen molar-refractivity contribution in [2.45, 2.75) is 39.2 Å². The number of carbonyl (C=O) groups excluding carboxylic acids is 1. The minimum atomic E-state index is -0.263. The zero-order valence-corrected chi connectivity index (χ0v) is 20.5. The van der Waals surface area contributed by atoms with E-state index in [0.717, 1.165) is 28.5 Å². The lowest BCUT2D eigenvalue weighted by molar-refractivity contribution is -0.132. The molecule has 0 saturated heterocycles. The van der Waals surface area contributed by atoms with Crippen LogP contribution < -0.4 is 5.56 Å². The van der Waals surface area contributed by atoms with Gasteiger partial charge in [0.25, 0.3) is 5.56 Å². The quantitative estimate of drug-likeness (QED) is 0.352. The molecule has 1 atom stereocenters. The molecule has 0 spiro atoms. The minimum Gasteiger partial charge on any atom is -0.321 e. The summed E-state index contributed by atoms with van der Waals surface area (Å²) in [6.45, 7) is 3.94. The van der Waals surface area contributed by atoms with Crippen molar-refractivity contribution in [1.82, 2.24) is 9.99 Å². The summed E-state index contributed by atoms with van der Waals surface area (Å²) < 4.78 is 0. The standard InChI is InChI=1S/C29H26ClN3O2/c1-3-18-10-12-19(13-11-18)25-17-24(32-33(25)26(34)4-2)28-27(20-8-6-5-7-9-20)22-16-21(30)14-15-23(22)31-29(28)35/h5-16,25H,3-4,17H2,1-2H3,(H,31,35)/t25-/m1/s1. The Morgan fingerprint density at radius 1 is 1.03 bits per heavy atom. The topological polar surface area (TPSA) is 65.5 Å². The molecule has 1 aliphatic heterocycles. The van der Waals surface area contributed by atoms with Crippen LogP contribution in [0.5, 0.6) is 0 Å². The van der Waals surface area contributed by atoms with Crippen LogP contribution in [0.25, 0.3) is 22.0 Å². The first-order valence-electron chi connectivity index (χ1n) is 11.9. The number of hydrazone groups is 1. The van der Waals surface area contributed by atoms with E-state index in [9.17, 15) is 9.59 Å². The lowest BCUT2D eigenvalue weighted by Gasteiger charge is -2.21. The van der Waals surface area contributed by atoms with Gasteiger partial charge in [0, 0.05) is 34.3 Å². The van der Waals surface area contributed by atoms with Gasteiger partial charge in [-0.05, 0) is 41.3 Å². The second kappa shape index (κ2) is 9.51. The highest BCUT2D eigenvalue weighted by atomic mass is 35.5. The molecule has 0 saturated carbocycles. The van der Waals surface area contributed by atoms with Crippen molar-refractivity contribution in [1.29, 1.82) is 0 Å². The summed E-state index contributed by atoms with van der Waals surface area (Å²) in [4.78, 5) is 29.4. The van der Waals surface area contributed by atoms with E-state index in [1.165, 1.54) is 5.56 Å². The first-order chi connectivity index (χ1) is 17.0. The van der Waals surface area contributed by atoms with Gasteiger partial charge < -0.3 is 4.98 Å². The second-order valence-corrected chi connectivity index (χ2v) is 9.15. The van der Waals surface area contributed by atoms with E-state index in [2.05, 4.69) is 36.2 Å². The van der Waals surface area contributed by atoms with E-state index in [1.807, 2.05) is 49.4 Å². The smallest absolute Gasteiger partial charge is 0.258 e. The molecule has 0 fully saturated rings. The van der Waals surface area contributed by atoms with Crippen LogP contribution in [0, 0.1) is 0 Å². The van der Waals surface area contributed by atoms with E-state index in [0.29, 0.717) is 34.7 Å². The summed E-state index contributed by atoms with van der Waals surface area (Å²) in [7, 11) is 0. The van der Waals surface area contributed by atoms with Crippen molar-refractivity contribution in [3.05, 3.63) is 105 Å². The van der Waals surface area contributed by atoms with E-state index < -0.39 is 0 Å². The predicted molar refractivity (Wildman–Crippen MR) is 142 cm³/mol. The molecule has 2 heterocycles. The molecule has 0 aliphatic carbocycles. The molecule has 35 heavy (non-hydrogen) atoms. The molecular formula is C29H26ClN3O2. The normalized spacial score (nSPS) is 15.5. The summed E-state index contributed by atoms with van der Waals surface area (Å²) in [5.41, 5.74) is 5.45. The van der Waals surface area contributed by atoms with Crippen molar-refractivity contribution >= 4 is 34.1 Å². The number of nitrogens with one attached hydrogen (secondary N) is 1. The van der Waals surface area contributed by atoms with Crippen molar-refractivity contribution < 1.29 is 4.79 Å². The number of H-pyrrole nitrogens is 1. The maximum atomic E-state index is 13.5. The number of aryl methyl sites for hydroxylation is 1. The van der Waals surface area contributed by atoms with Crippen molar-refractivity contribution in [2.24, 2.45) is 5.10 Å². The number of benzene rings is 3. The molecule has 0 radical (unpaired) electrons. The number of hydrogen-bond donors (Lipinski definition) is 1. The summed E-state index contributed by atoms with van der Waals surface area (Å²) in [5, 5.41) is 7.72. The molecule has 6 heteroatoms. The van der Waals surface area contributed by atoms with Gasteiger partial charge in [0.05, 0.1) is 17.3 Å². The molecule has 1 amide bonds. The van der Waals surface area contributed by atoms with Gasteiger partial charge in [-0.25, -0.2) is 5.01 Å². The fourth-order valence-corrected chi connectivity index (χ4v) is 4.91. The van der Waals surface area contributed by atoms with Gasteiger partial charge in [-0.15, -0.1) is 0 Å². The molecule has 0 bridgehead atoms. The molecule has 0 unspecified atom stereocenters. The van der Waals surface area contributed by atoms with Crippen LogP contribution in [0.3, 0.4) is 0 Å². The molecule has 5 nitrogen and oxygen atoms in total. The number of halogens is 1. The van der Waals surface area contributed by atoms with Crippen LogP contribution in [0.2, 0.25) is 5.02 Å². The Labute approximate surface area is 209 Å². The molecule has 1 aliphatic rings. The third-order valence-electron chi connectivity index (χ3n) is 6.57. The average Bonchev–Trinajstić information content (AvgIpc) is 3.33. The third kappa shape index (κ3) is 4.28. The van der Waals surface area contributed by atoms with E-state index >= 15 is 0 Å². The van der Waals surface area contributed by atoms with Gasteiger partial charge in [-0.2, -0.15) is 5.10 Å². The first kappa shape index (κ1) is 23.1. The maximum absolute atomic E-state index is 13.5. The summed E-state index contributed by atoms with van der Waals surface area (Å²) in [5.74, 6) is -0.0777. The number of rotatable bonds is 5. The summed E-state index contributed by atoms with van der Waals surface area (Å²) >= 11 is 6.37. The van der Waals surface area contributed by atoms with Crippen LogP contribution in [-0.4, -0.2) is 21.6 Å². The molecular weight excluding hydrogens is 458 g/mol. The Hall–Kier alpha value is -3.70. The van der Waals surface area contributed by atoms with Crippen LogP contribution >= 0.6 is 11.6 Å². The highest BCUT2D eigenvalue weighted by Gasteiger charge is 2.34. The monoisotopic (exact) mass is 483 g/mol. The summed E-state index contributed by atoms with van der Waals surface area (Å²) in [6.07, 6.45) is 1.72. The lowest BCUT2D eigenvalue weighted by atomic mass is 9.91. The van der Waals surface area contributed by atoms with Gasteiger partial charge in [-0.1, -0.05) is 80.0 Å². The first-order valence-corrected chi connectivity index (χ1v) is 12.3. The SMILES string of the molecule is CCC(=O)N1N=C(c2c(-c3ccccc3)c3cc(Cl)ccc3[nH]c2=O)C[C@@H]1c1ccc(CC)cc1. The molecule has 176 valence electrons. The van der Waals surface area contributed by atoms with Crippen molar-refractivity contribution in [3.8, 4) is 11.1 Å².